The van der Waals surface area contributed by atoms with E-state index < -0.39 is 0 Å². The number of hydrogen-bond acceptors (Lipinski definition) is 2. The van der Waals surface area contributed by atoms with Gasteiger partial charge < -0.3 is 10.4 Å². The van der Waals surface area contributed by atoms with Crippen LogP contribution in [0, 0.1) is 0 Å². The molecule has 0 aromatic heterocycles. The number of aliphatic hydroxyl groups is 1. The van der Waals surface area contributed by atoms with Crippen LogP contribution in [0.2, 0.25) is 0 Å². The Morgan fingerprint density at radius 2 is 2.14 bits per heavy atom. The standard InChI is InChI=1S/C20H23NO/c1-21-13-16(22)12-20-10-8-15(9-11-20)19-17-5-3-2-4-14(17)6-7-18(19)20/h2-8,10,15-16,21-22H,9,11-13H2,1H3/t15?,16-,20?/m1/s1. The van der Waals surface area contributed by atoms with Crippen LogP contribution in [0.4, 0.5) is 0 Å². The fraction of sp³-hybridized carbons (Fsp3) is 0.400. The van der Waals surface area contributed by atoms with Crippen molar-refractivity contribution in [2.24, 2.45) is 0 Å². The summed E-state index contributed by atoms with van der Waals surface area (Å²) in [6, 6.07) is 13.2. The molecule has 3 aliphatic carbocycles. The third-order valence-corrected chi connectivity index (χ3v) is 5.47. The van der Waals surface area contributed by atoms with Crippen molar-refractivity contribution in [1.29, 1.82) is 0 Å². The molecule has 0 saturated carbocycles. The van der Waals surface area contributed by atoms with Crippen LogP contribution in [0.5, 0.6) is 0 Å². The number of aliphatic hydroxyl groups excluding tert-OH is 1. The number of rotatable bonds is 4. The van der Waals surface area contributed by atoms with E-state index in [0.29, 0.717) is 12.5 Å². The van der Waals surface area contributed by atoms with Gasteiger partial charge in [-0.25, -0.2) is 0 Å². The zero-order valence-electron chi connectivity index (χ0n) is 13.0. The number of allylic oxidation sites excluding steroid dienone is 2. The Morgan fingerprint density at radius 1 is 1.27 bits per heavy atom. The minimum Gasteiger partial charge on any atom is -0.392 e. The van der Waals surface area contributed by atoms with Crippen molar-refractivity contribution in [2.45, 2.75) is 36.7 Å². The molecule has 0 radical (unpaired) electrons. The van der Waals surface area contributed by atoms with Gasteiger partial charge in [0.2, 0.25) is 0 Å². The molecule has 3 atom stereocenters. The molecule has 2 nitrogen and oxygen atoms in total. The highest BCUT2D eigenvalue weighted by molar-refractivity contribution is 5.88. The highest BCUT2D eigenvalue weighted by Gasteiger charge is 2.42. The molecule has 0 heterocycles. The highest BCUT2D eigenvalue weighted by Crippen LogP contribution is 2.53. The lowest BCUT2D eigenvalue weighted by Gasteiger charge is -2.45. The molecule has 22 heavy (non-hydrogen) atoms. The molecule has 0 saturated heterocycles. The molecular formula is C20H23NO. The Kier molecular flexibility index (Phi) is 3.32. The summed E-state index contributed by atoms with van der Waals surface area (Å²) in [6.07, 6.45) is 7.61. The van der Waals surface area contributed by atoms with Gasteiger partial charge in [0, 0.05) is 17.9 Å². The molecule has 5 rings (SSSR count). The van der Waals surface area contributed by atoms with Crippen molar-refractivity contribution >= 4 is 10.8 Å². The second-order valence-electron chi connectivity index (χ2n) is 6.82. The zero-order chi connectivity index (χ0) is 15.2. The topological polar surface area (TPSA) is 32.3 Å². The molecule has 2 heteroatoms. The van der Waals surface area contributed by atoms with Gasteiger partial charge >= 0.3 is 0 Å². The van der Waals surface area contributed by atoms with E-state index in [1.807, 2.05) is 7.05 Å². The summed E-state index contributed by atoms with van der Waals surface area (Å²) in [5, 5.41) is 16.2. The Labute approximate surface area is 131 Å². The van der Waals surface area contributed by atoms with E-state index in [1.165, 1.54) is 28.3 Å². The summed E-state index contributed by atoms with van der Waals surface area (Å²) in [5.41, 5.74) is 2.97. The summed E-state index contributed by atoms with van der Waals surface area (Å²) >= 11 is 0. The van der Waals surface area contributed by atoms with E-state index in [-0.39, 0.29) is 11.5 Å². The minimum atomic E-state index is -0.302. The minimum absolute atomic E-state index is 0.0182. The fourth-order valence-electron chi connectivity index (χ4n) is 4.50. The van der Waals surface area contributed by atoms with Gasteiger partial charge in [-0.1, -0.05) is 48.6 Å². The zero-order valence-corrected chi connectivity index (χ0v) is 13.0. The predicted molar refractivity (Wildman–Crippen MR) is 91.3 cm³/mol. The van der Waals surface area contributed by atoms with Gasteiger partial charge in [0.15, 0.2) is 0 Å². The maximum atomic E-state index is 10.4. The molecule has 0 amide bonds. The second kappa shape index (κ2) is 5.22. The van der Waals surface area contributed by atoms with E-state index in [2.05, 4.69) is 53.9 Å². The summed E-state index contributed by atoms with van der Waals surface area (Å²) in [7, 11) is 1.90. The van der Waals surface area contributed by atoms with Gasteiger partial charge in [-0.15, -0.1) is 0 Å². The monoisotopic (exact) mass is 293 g/mol. The maximum absolute atomic E-state index is 10.4. The lowest BCUT2D eigenvalue weighted by molar-refractivity contribution is 0.133. The van der Waals surface area contributed by atoms with Gasteiger partial charge in [0.1, 0.15) is 0 Å². The lowest BCUT2D eigenvalue weighted by Crippen LogP contribution is -2.39. The van der Waals surface area contributed by atoms with E-state index in [0.717, 1.165) is 12.8 Å². The van der Waals surface area contributed by atoms with Crippen molar-refractivity contribution in [3.8, 4) is 0 Å². The van der Waals surface area contributed by atoms with Crippen LogP contribution in [0.3, 0.4) is 0 Å². The molecule has 2 N–H and O–H groups in total. The van der Waals surface area contributed by atoms with E-state index >= 15 is 0 Å². The molecule has 114 valence electrons. The summed E-state index contributed by atoms with van der Waals surface area (Å²) in [5.74, 6) is 0.546. The molecule has 0 fully saturated rings. The van der Waals surface area contributed by atoms with Gasteiger partial charge in [0.05, 0.1) is 6.10 Å². The molecule has 2 unspecified atom stereocenters. The quantitative estimate of drug-likeness (QED) is 0.846. The summed E-state index contributed by atoms with van der Waals surface area (Å²) < 4.78 is 0. The number of likely N-dealkylation sites (N-methyl/N-ethyl adjacent to an activating group) is 1. The number of nitrogens with one attached hydrogen (secondary N) is 1. The molecule has 0 spiro atoms. The van der Waals surface area contributed by atoms with Gasteiger partial charge in [-0.2, -0.15) is 0 Å². The number of benzene rings is 2. The van der Waals surface area contributed by atoms with Crippen molar-refractivity contribution < 1.29 is 5.11 Å². The molecule has 2 aromatic rings. The average Bonchev–Trinajstić information content (AvgIpc) is 2.55. The van der Waals surface area contributed by atoms with Crippen LogP contribution in [0.1, 0.15) is 36.3 Å². The normalized spacial score (nSPS) is 27.1. The van der Waals surface area contributed by atoms with E-state index in [9.17, 15) is 5.11 Å². The van der Waals surface area contributed by atoms with Gasteiger partial charge in [-0.05, 0) is 48.2 Å². The summed E-state index contributed by atoms with van der Waals surface area (Å²) in [4.78, 5) is 0. The van der Waals surface area contributed by atoms with Crippen molar-refractivity contribution in [1.82, 2.24) is 5.32 Å². The summed E-state index contributed by atoms with van der Waals surface area (Å²) in [6.45, 7) is 0.655. The molecular weight excluding hydrogens is 270 g/mol. The third-order valence-electron chi connectivity index (χ3n) is 5.47. The van der Waals surface area contributed by atoms with Crippen LogP contribution < -0.4 is 5.32 Å². The highest BCUT2D eigenvalue weighted by atomic mass is 16.3. The first-order chi connectivity index (χ1) is 10.7. The van der Waals surface area contributed by atoms with Crippen molar-refractivity contribution in [3.63, 3.8) is 0 Å². The Hall–Kier alpha value is -1.64. The van der Waals surface area contributed by atoms with Crippen LogP contribution in [-0.2, 0) is 5.41 Å². The van der Waals surface area contributed by atoms with Crippen LogP contribution in [0.25, 0.3) is 10.8 Å². The number of fused-ring (bicyclic) bond motifs is 2. The molecule has 2 bridgehead atoms. The van der Waals surface area contributed by atoms with E-state index in [1.54, 1.807) is 0 Å². The Balaban J connectivity index is 1.85. The van der Waals surface area contributed by atoms with Gasteiger partial charge in [-0.3, -0.25) is 0 Å². The van der Waals surface area contributed by atoms with Crippen LogP contribution in [0.15, 0.2) is 48.6 Å². The van der Waals surface area contributed by atoms with Gasteiger partial charge in [0.25, 0.3) is 0 Å². The predicted octanol–water partition coefficient (Wildman–Crippen LogP) is 3.50. The smallest absolute Gasteiger partial charge is 0.0676 e. The molecule has 2 aromatic carbocycles. The third kappa shape index (κ3) is 2.02. The number of hydrogen-bond donors (Lipinski definition) is 2. The van der Waals surface area contributed by atoms with Crippen molar-refractivity contribution in [2.75, 3.05) is 13.6 Å². The first-order valence-electron chi connectivity index (χ1n) is 8.28. The van der Waals surface area contributed by atoms with Crippen LogP contribution in [-0.4, -0.2) is 24.8 Å². The average molecular weight is 293 g/mol. The SMILES string of the molecule is CNC[C@H](O)CC12C=CC(CC1)c1c2ccc2ccccc12. The first kappa shape index (κ1) is 14.0. The largest absolute Gasteiger partial charge is 0.392 e. The molecule has 3 aliphatic rings. The van der Waals surface area contributed by atoms with E-state index in [4.69, 9.17) is 0 Å². The lowest BCUT2D eigenvalue weighted by atomic mass is 9.59. The maximum Gasteiger partial charge on any atom is 0.0676 e. The van der Waals surface area contributed by atoms with Crippen LogP contribution >= 0.6 is 0 Å². The second-order valence-corrected chi connectivity index (χ2v) is 6.82. The molecule has 0 aliphatic heterocycles. The Bertz CT molecular complexity index is 736. The Morgan fingerprint density at radius 3 is 2.91 bits per heavy atom. The fourth-order valence-corrected chi connectivity index (χ4v) is 4.50. The van der Waals surface area contributed by atoms with Crippen molar-refractivity contribution in [3.05, 3.63) is 59.7 Å². The first-order valence-corrected chi connectivity index (χ1v) is 8.28.